The van der Waals surface area contributed by atoms with Crippen molar-refractivity contribution in [2.24, 2.45) is 0 Å². The predicted octanol–water partition coefficient (Wildman–Crippen LogP) is 4.04. The first-order valence-electron chi connectivity index (χ1n) is 5.35. The predicted molar refractivity (Wildman–Crippen MR) is 71.2 cm³/mol. The first-order chi connectivity index (χ1) is 8.20. The van der Waals surface area contributed by atoms with E-state index in [1.54, 1.807) is 17.4 Å². The number of nitrogens with one attached hydrogen (secondary N) is 1. The van der Waals surface area contributed by atoms with Crippen molar-refractivity contribution in [1.29, 1.82) is 0 Å². The van der Waals surface area contributed by atoms with Crippen molar-refractivity contribution in [2.75, 3.05) is 7.05 Å². The molecule has 0 saturated carbocycles. The second kappa shape index (κ2) is 5.63. The van der Waals surface area contributed by atoms with Gasteiger partial charge in [-0.05, 0) is 42.6 Å². The van der Waals surface area contributed by atoms with E-state index in [4.69, 9.17) is 11.6 Å². The molecule has 0 fully saturated rings. The van der Waals surface area contributed by atoms with E-state index >= 15 is 0 Å². The van der Waals surface area contributed by atoms with Gasteiger partial charge in [-0.15, -0.1) is 11.3 Å². The second-order valence-corrected chi connectivity index (χ2v) is 5.20. The molecule has 0 aliphatic rings. The van der Waals surface area contributed by atoms with Crippen molar-refractivity contribution in [2.45, 2.75) is 12.5 Å². The summed E-state index contributed by atoms with van der Waals surface area (Å²) < 4.78 is 13.3. The summed E-state index contributed by atoms with van der Waals surface area (Å²) in [5.74, 6) is -0.356. The lowest BCUT2D eigenvalue weighted by Crippen LogP contribution is -2.17. The Morgan fingerprint density at radius 1 is 1.41 bits per heavy atom. The number of rotatable bonds is 4. The number of thiophene rings is 1. The minimum absolute atomic E-state index is 0.172. The lowest BCUT2D eigenvalue weighted by molar-refractivity contribution is 0.592. The minimum Gasteiger partial charge on any atom is -0.312 e. The van der Waals surface area contributed by atoms with E-state index in [-0.39, 0.29) is 16.9 Å². The smallest absolute Gasteiger partial charge is 0.142 e. The average molecular weight is 270 g/mol. The van der Waals surface area contributed by atoms with Crippen LogP contribution in [0.1, 0.15) is 16.5 Å². The molecule has 1 unspecified atom stereocenters. The highest BCUT2D eigenvalue weighted by Gasteiger charge is 2.12. The molecule has 0 spiro atoms. The molecule has 17 heavy (non-hydrogen) atoms. The number of likely N-dealkylation sites (N-methyl/N-ethyl adjacent to an activating group) is 1. The Bertz CT molecular complexity index is 484. The fraction of sp³-hybridized carbons (Fsp3) is 0.231. The zero-order chi connectivity index (χ0) is 12.3. The zero-order valence-corrected chi connectivity index (χ0v) is 11.0. The second-order valence-electron chi connectivity index (χ2n) is 3.81. The molecule has 0 bridgehead atoms. The molecule has 4 heteroatoms. The number of hydrogen-bond acceptors (Lipinski definition) is 2. The molecule has 0 radical (unpaired) electrons. The molecule has 0 aliphatic heterocycles. The normalized spacial score (nSPS) is 12.6. The Labute approximate surface area is 109 Å². The topological polar surface area (TPSA) is 12.0 Å². The summed E-state index contributed by atoms with van der Waals surface area (Å²) >= 11 is 7.36. The molecular weight excluding hydrogens is 257 g/mol. The third-order valence-electron chi connectivity index (χ3n) is 2.66. The van der Waals surface area contributed by atoms with Crippen LogP contribution in [0.5, 0.6) is 0 Å². The third kappa shape index (κ3) is 3.06. The van der Waals surface area contributed by atoms with Gasteiger partial charge in [-0.25, -0.2) is 4.39 Å². The van der Waals surface area contributed by atoms with Crippen molar-refractivity contribution in [1.82, 2.24) is 5.32 Å². The van der Waals surface area contributed by atoms with E-state index in [1.807, 2.05) is 24.6 Å². The Kier molecular flexibility index (Phi) is 4.15. The highest BCUT2D eigenvalue weighted by Crippen LogP contribution is 2.24. The van der Waals surface area contributed by atoms with Crippen LogP contribution in [-0.2, 0) is 6.42 Å². The lowest BCUT2D eigenvalue weighted by atomic mass is 10.0. The van der Waals surface area contributed by atoms with Crippen molar-refractivity contribution < 1.29 is 4.39 Å². The summed E-state index contributed by atoms with van der Waals surface area (Å²) in [5.41, 5.74) is 0.944. The fourth-order valence-corrected chi connectivity index (χ4v) is 2.69. The molecular formula is C13H13ClFNS. The summed E-state index contributed by atoms with van der Waals surface area (Å²) in [7, 11) is 1.91. The lowest BCUT2D eigenvalue weighted by Gasteiger charge is -2.14. The molecule has 2 rings (SSSR count). The van der Waals surface area contributed by atoms with Crippen LogP contribution in [0.25, 0.3) is 0 Å². The van der Waals surface area contributed by atoms with Crippen LogP contribution in [0.15, 0.2) is 35.7 Å². The van der Waals surface area contributed by atoms with E-state index in [0.29, 0.717) is 0 Å². The standard InChI is InChI=1S/C13H13ClFNS/c1-16-12(13-3-2-6-17-13)8-9-4-5-10(14)11(15)7-9/h2-7,12,16H,8H2,1H3. The largest absolute Gasteiger partial charge is 0.312 e. The van der Waals surface area contributed by atoms with Crippen molar-refractivity contribution >= 4 is 22.9 Å². The monoisotopic (exact) mass is 269 g/mol. The van der Waals surface area contributed by atoms with Gasteiger partial charge in [-0.2, -0.15) is 0 Å². The summed E-state index contributed by atoms with van der Waals surface area (Å²) in [5, 5.41) is 5.46. The molecule has 1 N–H and O–H groups in total. The van der Waals surface area contributed by atoms with Gasteiger partial charge in [0.2, 0.25) is 0 Å². The summed E-state index contributed by atoms with van der Waals surface area (Å²) in [6.07, 6.45) is 0.755. The van der Waals surface area contributed by atoms with Crippen molar-refractivity contribution in [3.05, 3.63) is 57.0 Å². The molecule has 0 saturated heterocycles. The summed E-state index contributed by atoms with van der Waals surface area (Å²) in [4.78, 5) is 1.25. The molecule has 1 aromatic carbocycles. The SMILES string of the molecule is CNC(Cc1ccc(Cl)c(F)c1)c1cccs1. The maximum absolute atomic E-state index is 13.3. The van der Waals surface area contributed by atoms with Crippen LogP contribution in [-0.4, -0.2) is 7.05 Å². The molecule has 1 aromatic heterocycles. The molecule has 90 valence electrons. The maximum atomic E-state index is 13.3. The van der Waals surface area contributed by atoms with E-state index in [1.165, 1.54) is 10.9 Å². The van der Waals surface area contributed by atoms with Crippen LogP contribution in [0, 0.1) is 5.82 Å². The third-order valence-corrected chi connectivity index (χ3v) is 3.95. The maximum Gasteiger partial charge on any atom is 0.142 e. The zero-order valence-electron chi connectivity index (χ0n) is 9.41. The Morgan fingerprint density at radius 2 is 2.24 bits per heavy atom. The van der Waals surface area contributed by atoms with Gasteiger partial charge in [-0.1, -0.05) is 23.7 Å². The van der Waals surface area contributed by atoms with E-state index < -0.39 is 0 Å². The van der Waals surface area contributed by atoms with Crippen LogP contribution >= 0.6 is 22.9 Å². The van der Waals surface area contributed by atoms with Gasteiger partial charge in [0.05, 0.1) is 5.02 Å². The molecule has 1 heterocycles. The minimum atomic E-state index is -0.356. The summed E-state index contributed by atoms with van der Waals surface area (Å²) in [6, 6.07) is 9.29. The Balaban J connectivity index is 2.16. The van der Waals surface area contributed by atoms with Gasteiger partial charge in [0.25, 0.3) is 0 Å². The fourth-order valence-electron chi connectivity index (χ4n) is 1.74. The van der Waals surface area contributed by atoms with E-state index in [0.717, 1.165) is 12.0 Å². The van der Waals surface area contributed by atoms with Gasteiger partial charge >= 0.3 is 0 Å². The van der Waals surface area contributed by atoms with Gasteiger partial charge in [0, 0.05) is 10.9 Å². The van der Waals surface area contributed by atoms with E-state index in [2.05, 4.69) is 11.4 Å². The van der Waals surface area contributed by atoms with Gasteiger partial charge < -0.3 is 5.32 Å². The Hall–Kier alpha value is -0.900. The highest BCUT2D eigenvalue weighted by atomic mass is 35.5. The van der Waals surface area contributed by atoms with Gasteiger partial charge in [0.1, 0.15) is 5.82 Å². The van der Waals surface area contributed by atoms with E-state index in [9.17, 15) is 4.39 Å². The Morgan fingerprint density at radius 3 is 2.82 bits per heavy atom. The number of hydrogen-bond donors (Lipinski definition) is 1. The first kappa shape index (κ1) is 12.6. The van der Waals surface area contributed by atoms with Crippen molar-refractivity contribution in [3.63, 3.8) is 0 Å². The molecule has 0 amide bonds. The van der Waals surface area contributed by atoms with Crippen LogP contribution in [0.2, 0.25) is 5.02 Å². The van der Waals surface area contributed by atoms with Crippen molar-refractivity contribution in [3.8, 4) is 0 Å². The number of benzene rings is 1. The molecule has 1 atom stereocenters. The molecule has 2 aromatic rings. The quantitative estimate of drug-likeness (QED) is 0.883. The van der Waals surface area contributed by atoms with Gasteiger partial charge in [0.15, 0.2) is 0 Å². The van der Waals surface area contributed by atoms with Crippen LogP contribution < -0.4 is 5.32 Å². The van der Waals surface area contributed by atoms with Crippen LogP contribution in [0.4, 0.5) is 4.39 Å². The summed E-state index contributed by atoms with van der Waals surface area (Å²) in [6.45, 7) is 0. The first-order valence-corrected chi connectivity index (χ1v) is 6.61. The van der Waals surface area contributed by atoms with Gasteiger partial charge in [-0.3, -0.25) is 0 Å². The highest BCUT2D eigenvalue weighted by molar-refractivity contribution is 7.10. The molecule has 1 nitrogen and oxygen atoms in total. The molecule has 0 aliphatic carbocycles. The van der Waals surface area contributed by atoms with Crippen LogP contribution in [0.3, 0.4) is 0 Å². The number of halogens is 2. The average Bonchev–Trinajstić information content (AvgIpc) is 2.84.